The van der Waals surface area contributed by atoms with E-state index in [9.17, 15) is 9.18 Å². The zero-order chi connectivity index (χ0) is 12.3. The summed E-state index contributed by atoms with van der Waals surface area (Å²) in [4.78, 5) is 10.9. The lowest BCUT2D eigenvalue weighted by Crippen LogP contribution is -2.24. The van der Waals surface area contributed by atoms with E-state index in [1.54, 1.807) is 19.9 Å². The smallest absolute Gasteiger partial charge is 0.309 e. The predicted octanol–water partition coefficient (Wildman–Crippen LogP) is 3.52. The maximum Gasteiger partial charge on any atom is 0.309 e. The quantitative estimate of drug-likeness (QED) is 0.880. The van der Waals surface area contributed by atoms with Crippen LogP contribution in [0.3, 0.4) is 0 Å². The Bertz CT molecular complexity index is 402. The summed E-state index contributed by atoms with van der Waals surface area (Å²) in [6, 6.07) is 4.46. The minimum absolute atomic E-state index is 0.0747. The van der Waals surface area contributed by atoms with Crippen LogP contribution in [0.4, 0.5) is 4.39 Å². The summed E-state index contributed by atoms with van der Waals surface area (Å²) < 4.78 is 12.9. The number of halogens is 2. The molecule has 0 aliphatic heterocycles. The van der Waals surface area contributed by atoms with Crippen LogP contribution >= 0.6 is 11.6 Å². The van der Waals surface area contributed by atoms with Crippen LogP contribution in [-0.2, 0) is 11.2 Å². The lowest BCUT2D eigenvalue weighted by Gasteiger charge is -2.18. The van der Waals surface area contributed by atoms with Gasteiger partial charge in [0.2, 0.25) is 0 Å². The third-order valence-corrected chi connectivity index (χ3v) is 2.89. The van der Waals surface area contributed by atoms with Crippen LogP contribution in [0.2, 0.25) is 5.02 Å². The maximum atomic E-state index is 12.9. The van der Waals surface area contributed by atoms with Crippen LogP contribution < -0.4 is 0 Å². The molecule has 1 aromatic rings. The Kier molecular flexibility index (Phi) is 3.92. The van der Waals surface area contributed by atoms with Gasteiger partial charge in [0.1, 0.15) is 5.82 Å². The van der Waals surface area contributed by atoms with E-state index in [1.165, 1.54) is 12.1 Å². The van der Waals surface area contributed by atoms with Gasteiger partial charge in [-0.15, -0.1) is 0 Å². The normalized spacial score (nSPS) is 11.5. The van der Waals surface area contributed by atoms with Gasteiger partial charge in [-0.05, 0) is 44.4 Å². The maximum absolute atomic E-state index is 12.9. The summed E-state index contributed by atoms with van der Waals surface area (Å²) in [6.07, 6.45) is 1.06. The highest BCUT2D eigenvalue weighted by atomic mass is 35.5. The third-order valence-electron chi connectivity index (χ3n) is 2.60. The van der Waals surface area contributed by atoms with Crippen molar-refractivity contribution >= 4 is 17.6 Å². The minimum atomic E-state index is -0.833. The number of hydrogen-bond donors (Lipinski definition) is 1. The van der Waals surface area contributed by atoms with Crippen LogP contribution in [0.1, 0.15) is 25.8 Å². The summed E-state index contributed by atoms with van der Waals surface area (Å²) >= 11 is 5.64. The highest BCUT2D eigenvalue weighted by Gasteiger charge is 2.26. The number of carboxylic acid groups (broad SMARTS) is 1. The van der Waals surface area contributed by atoms with E-state index >= 15 is 0 Å². The molecule has 16 heavy (non-hydrogen) atoms. The second-order valence-corrected chi connectivity index (χ2v) is 4.84. The molecule has 4 heteroatoms. The zero-order valence-electron chi connectivity index (χ0n) is 9.26. The topological polar surface area (TPSA) is 37.3 Å². The zero-order valence-corrected chi connectivity index (χ0v) is 10.0. The van der Waals surface area contributed by atoms with E-state index in [0.29, 0.717) is 12.8 Å². The second kappa shape index (κ2) is 4.83. The Morgan fingerprint density at radius 1 is 1.50 bits per heavy atom. The molecule has 0 unspecified atom stereocenters. The Morgan fingerprint density at radius 3 is 2.62 bits per heavy atom. The molecule has 0 heterocycles. The first-order valence-corrected chi connectivity index (χ1v) is 5.38. The number of rotatable bonds is 4. The van der Waals surface area contributed by atoms with Crippen LogP contribution in [0, 0.1) is 11.2 Å². The Morgan fingerprint density at radius 2 is 2.12 bits per heavy atom. The van der Waals surface area contributed by atoms with E-state index in [-0.39, 0.29) is 5.02 Å². The van der Waals surface area contributed by atoms with Crippen LogP contribution in [0.5, 0.6) is 0 Å². The lowest BCUT2D eigenvalue weighted by atomic mass is 9.86. The van der Waals surface area contributed by atoms with E-state index in [1.807, 2.05) is 0 Å². The van der Waals surface area contributed by atoms with Gasteiger partial charge in [0, 0.05) is 0 Å². The molecule has 0 aliphatic carbocycles. The lowest BCUT2D eigenvalue weighted by molar-refractivity contribution is -0.147. The number of hydrogen-bond acceptors (Lipinski definition) is 1. The molecule has 0 saturated heterocycles. The van der Waals surface area contributed by atoms with Crippen molar-refractivity contribution in [2.24, 2.45) is 5.41 Å². The van der Waals surface area contributed by atoms with E-state index in [4.69, 9.17) is 16.7 Å². The van der Waals surface area contributed by atoms with Crippen molar-refractivity contribution in [3.05, 3.63) is 34.6 Å². The summed E-state index contributed by atoms with van der Waals surface area (Å²) in [5.41, 5.74) is 0.0710. The van der Waals surface area contributed by atoms with Gasteiger partial charge in [-0.3, -0.25) is 4.79 Å². The number of aliphatic carboxylic acids is 1. The minimum Gasteiger partial charge on any atom is -0.481 e. The van der Waals surface area contributed by atoms with Crippen molar-refractivity contribution in [1.29, 1.82) is 0 Å². The fraction of sp³-hybridized carbons (Fsp3) is 0.417. The van der Waals surface area contributed by atoms with Crippen molar-refractivity contribution in [2.75, 3.05) is 0 Å². The molecule has 0 spiro atoms. The Labute approximate surface area is 99.0 Å². The number of benzene rings is 1. The molecule has 1 N–H and O–H groups in total. The van der Waals surface area contributed by atoms with Crippen molar-refractivity contribution in [1.82, 2.24) is 0 Å². The summed E-state index contributed by atoms with van der Waals surface area (Å²) in [5, 5.41) is 9.01. The molecule has 0 atom stereocenters. The van der Waals surface area contributed by atoms with Crippen molar-refractivity contribution in [3.8, 4) is 0 Å². The van der Waals surface area contributed by atoms with E-state index in [0.717, 1.165) is 5.56 Å². The average molecular weight is 245 g/mol. The largest absolute Gasteiger partial charge is 0.481 e. The summed E-state index contributed by atoms with van der Waals surface area (Å²) in [7, 11) is 0. The van der Waals surface area contributed by atoms with Gasteiger partial charge in [0.15, 0.2) is 0 Å². The molecule has 0 aromatic heterocycles. The summed E-state index contributed by atoms with van der Waals surface area (Å²) in [5.74, 6) is -1.29. The van der Waals surface area contributed by atoms with Gasteiger partial charge in [-0.1, -0.05) is 17.7 Å². The second-order valence-electron chi connectivity index (χ2n) is 4.44. The first kappa shape index (κ1) is 13.0. The Hall–Kier alpha value is -1.09. The van der Waals surface area contributed by atoms with Gasteiger partial charge in [0.05, 0.1) is 10.4 Å². The molecule has 0 amide bonds. The van der Waals surface area contributed by atoms with E-state index < -0.39 is 17.2 Å². The molecule has 0 radical (unpaired) electrons. The molecule has 88 valence electrons. The van der Waals surface area contributed by atoms with Gasteiger partial charge in [-0.25, -0.2) is 4.39 Å². The van der Waals surface area contributed by atoms with Crippen molar-refractivity contribution in [3.63, 3.8) is 0 Å². The highest BCUT2D eigenvalue weighted by Crippen LogP contribution is 2.24. The fourth-order valence-corrected chi connectivity index (χ4v) is 1.46. The molecule has 0 saturated carbocycles. The van der Waals surface area contributed by atoms with Gasteiger partial charge in [0.25, 0.3) is 0 Å². The van der Waals surface area contributed by atoms with Crippen molar-refractivity contribution in [2.45, 2.75) is 26.7 Å². The highest BCUT2D eigenvalue weighted by molar-refractivity contribution is 6.30. The molecule has 0 aliphatic rings. The van der Waals surface area contributed by atoms with Crippen LogP contribution in [0.15, 0.2) is 18.2 Å². The molecule has 0 fully saturated rings. The molecule has 0 bridgehead atoms. The van der Waals surface area contributed by atoms with Crippen molar-refractivity contribution < 1.29 is 14.3 Å². The SMILES string of the molecule is CC(C)(CCc1ccc(F)c(Cl)c1)C(=O)O. The van der Waals surface area contributed by atoms with Crippen LogP contribution in [0.25, 0.3) is 0 Å². The number of carbonyl (C=O) groups is 1. The summed E-state index contributed by atoms with van der Waals surface area (Å²) in [6.45, 7) is 3.33. The average Bonchev–Trinajstić information content (AvgIpc) is 2.20. The first-order valence-electron chi connectivity index (χ1n) is 5.00. The predicted molar refractivity (Wildman–Crippen MR) is 61.1 cm³/mol. The Balaban J connectivity index is 2.68. The van der Waals surface area contributed by atoms with Crippen LogP contribution in [-0.4, -0.2) is 11.1 Å². The molecular formula is C12H14ClFO2. The fourth-order valence-electron chi connectivity index (χ4n) is 1.26. The number of carboxylic acids is 1. The molecule has 1 aromatic carbocycles. The van der Waals surface area contributed by atoms with Gasteiger partial charge >= 0.3 is 5.97 Å². The van der Waals surface area contributed by atoms with E-state index in [2.05, 4.69) is 0 Å². The monoisotopic (exact) mass is 244 g/mol. The first-order chi connectivity index (χ1) is 7.33. The standard InChI is InChI=1S/C12H14ClFO2/c1-12(2,11(15)16)6-5-8-3-4-10(14)9(13)7-8/h3-4,7H,5-6H2,1-2H3,(H,15,16). The molecule has 1 rings (SSSR count). The molecular weight excluding hydrogens is 231 g/mol. The number of aryl methyl sites for hydroxylation is 1. The van der Waals surface area contributed by atoms with Gasteiger partial charge < -0.3 is 5.11 Å². The third kappa shape index (κ3) is 3.20. The molecule has 2 nitrogen and oxygen atoms in total. The van der Waals surface area contributed by atoms with Gasteiger partial charge in [-0.2, -0.15) is 0 Å².